The van der Waals surface area contributed by atoms with Gasteiger partial charge in [0.1, 0.15) is 6.54 Å². The number of carboxylic acid groups (broad SMARTS) is 1. The Hall–Kier alpha value is -3.68. The van der Waals surface area contributed by atoms with E-state index < -0.39 is 17.6 Å². The first kappa shape index (κ1) is 17.2. The number of Topliss-reactive ketones (excluding diaryl/α,β-unsaturated/α-hetero) is 1. The highest BCUT2D eigenvalue weighted by Gasteiger charge is 2.15. The predicted octanol–water partition coefficient (Wildman–Crippen LogP) is 2.13. The summed E-state index contributed by atoms with van der Waals surface area (Å²) >= 11 is 0. The van der Waals surface area contributed by atoms with Crippen LogP contribution in [0.5, 0.6) is 0 Å². The molecule has 132 valence electrons. The molecule has 8 heteroatoms. The van der Waals surface area contributed by atoms with Crippen molar-refractivity contribution in [2.75, 3.05) is 5.32 Å². The molecule has 26 heavy (non-hydrogen) atoms. The molecule has 8 nitrogen and oxygen atoms in total. The molecule has 1 aromatic heterocycles. The summed E-state index contributed by atoms with van der Waals surface area (Å²) in [7, 11) is 0. The van der Waals surface area contributed by atoms with Crippen LogP contribution in [0.1, 0.15) is 27.6 Å². The van der Waals surface area contributed by atoms with E-state index in [2.05, 4.69) is 5.32 Å². The molecule has 0 aliphatic carbocycles. The second-order valence-corrected chi connectivity index (χ2v) is 5.63. The van der Waals surface area contributed by atoms with Gasteiger partial charge < -0.3 is 14.8 Å². The Bertz CT molecular complexity index is 1090. The summed E-state index contributed by atoms with van der Waals surface area (Å²) in [5.41, 5.74) is 1.23. The van der Waals surface area contributed by atoms with Crippen LogP contribution in [-0.4, -0.2) is 27.3 Å². The molecule has 2 N–H and O–H groups in total. The lowest BCUT2D eigenvalue weighted by Crippen LogP contribution is -2.24. The molecular weight excluding hydrogens is 340 g/mol. The molecule has 0 aliphatic rings. The predicted molar refractivity (Wildman–Crippen MR) is 92.5 cm³/mol. The second-order valence-electron chi connectivity index (χ2n) is 5.63. The third-order valence-electron chi connectivity index (χ3n) is 3.77. The summed E-state index contributed by atoms with van der Waals surface area (Å²) in [6.07, 6.45) is 0. The molecule has 0 fully saturated rings. The topological polar surface area (TPSA) is 119 Å². The van der Waals surface area contributed by atoms with Gasteiger partial charge >= 0.3 is 11.7 Å². The number of carbonyl (C=O) groups is 3. The Morgan fingerprint density at radius 2 is 1.88 bits per heavy atom. The Morgan fingerprint density at radius 1 is 1.12 bits per heavy atom. The number of fused-ring (bicyclic) bond motifs is 1. The van der Waals surface area contributed by atoms with Crippen molar-refractivity contribution >= 4 is 34.4 Å². The maximum absolute atomic E-state index is 12.3. The Labute approximate surface area is 146 Å². The third-order valence-corrected chi connectivity index (χ3v) is 3.77. The fraction of sp³-hybridized carbons (Fsp3) is 0.111. The van der Waals surface area contributed by atoms with E-state index in [1.807, 2.05) is 0 Å². The summed E-state index contributed by atoms with van der Waals surface area (Å²) < 4.78 is 6.07. The van der Waals surface area contributed by atoms with E-state index in [0.717, 1.165) is 4.57 Å². The molecule has 3 aromatic rings. The minimum absolute atomic E-state index is 0.0263. The zero-order valence-electron chi connectivity index (χ0n) is 13.7. The van der Waals surface area contributed by atoms with Crippen LogP contribution in [0.4, 0.5) is 5.69 Å². The van der Waals surface area contributed by atoms with Crippen LogP contribution in [0.15, 0.2) is 51.7 Å². The van der Waals surface area contributed by atoms with Crippen LogP contribution in [0.25, 0.3) is 11.1 Å². The first-order valence-electron chi connectivity index (χ1n) is 7.62. The number of aromatic nitrogens is 1. The average molecular weight is 354 g/mol. The van der Waals surface area contributed by atoms with Gasteiger partial charge in [0.05, 0.1) is 11.1 Å². The van der Waals surface area contributed by atoms with E-state index in [-0.39, 0.29) is 29.0 Å². The molecule has 2 aromatic carbocycles. The number of nitrogens with zero attached hydrogens (tertiary/aromatic N) is 1. The number of oxazole rings is 1. The molecule has 0 unspecified atom stereocenters. The van der Waals surface area contributed by atoms with Gasteiger partial charge in [0.15, 0.2) is 11.4 Å². The number of rotatable bonds is 5. The molecule has 1 amide bonds. The van der Waals surface area contributed by atoms with Gasteiger partial charge in [-0.15, -0.1) is 0 Å². The standard InChI is InChI=1S/C18H14N2O6/c1-10(21)11-3-2-4-13(7-11)19-16(22)9-20-14-8-12(17(23)24)5-6-15(14)26-18(20)25/h2-8H,9H2,1H3,(H,19,22)(H,23,24). The molecule has 1 heterocycles. The van der Waals surface area contributed by atoms with Crippen molar-refractivity contribution in [3.63, 3.8) is 0 Å². The number of carboxylic acids is 1. The number of carbonyl (C=O) groups excluding carboxylic acids is 2. The number of anilines is 1. The Kier molecular flexibility index (Phi) is 4.40. The highest BCUT2D eigenvalue weighted by Crippen LogP contribution is 2.16. The fourth-order valence-corrected chi connectivity index (χ4v) is 2.50. The molecule has 0 atom stereocenters. The molecule has 0 bridgehead atoms. The molecule has 0 aliphatic heterocycles. The summed E-state index contributed by atoms with van der Waals surface area (Å²) in [6.45, 7) is 1.05. The summed E-state index contributed by atoms with van der Waals surface area (Å²) in [5, 5.41) is 11.7. The first-order chi connectivity index (χ1) is 12.3. The smallest absolute Gasteiger partial charge is 0.420 e. The van der Waals surface area contributed by atoms with E-state index in [1.54, 1.807) is 18.2 Å². The van der Waals surface area contributed by atoms with Gasteiger partial charge in [-0.1, -0.05) is 12.1 Å². The molecule has 3 rings (SSSR count). The molecular formula is C18H14N2O6. The van der Waals surface area contributed by atoms with Crippen LogP contribution >= 0.6 is 0 Å². The number of amides is 1. The molecule has 0 radical (unpaired) electrons. The summed E-state index contributed by atoms with van der Waals surface area (Å²) in [4.78, 5) is 46.7. The van der Waals surface area contributed by atoms with Crippen LogP contribution in [0.3, 0.4) is 0 Å². The molecule has 0 saturated heterocycles. The summed E-state index contributed by atoms with van der Waals surface area (Å²) in [5.74, 6) is -2.58. The first-order valence-corrected chi connectivity index (χ1v) is 7.62. The fourth-order valence-electron chi connectivity index (χ4n) is 2.50. The number of hydrogen-bond donors (Lipinski definition) is 2. The lowest BCUT2D eigenvalue weighted by Gasteiger charge is -2.07. The minimum atomic E-state index is -1.16. The van der Waals surface area contributed by atoms with Crippen molar-refractivity contribution in [2.24, 2.45) is 0 Å². The number of ketones is 1. The second kappa shape index (κ2) is 6.67. The number of nitrogens with one attached hydrogen (secondary N) is 1. The zero-order chi connectivity index (χ0) is 18.8. The monoisotopic (exact) mass is 354 g/mol. The number of hydrogen-bond acceptors (Lipinski definition) is 5. The highest BCUT2D eigenvalue weighted by molar-refractivity contribution is 5.97. The molecule has 0 spiro atoms. The zero-order valence-corrected chi connectivity index (χ0v) is 13.7. The quantitative estimate of drug-likeness (QED) is 0.678. The van der Waals surface area contributed by atoms with E-state index in [9.17, 15) is 19.2 Å². The van der Waals surface area contributed by atoms with Gasteiger partial charge in [-0.3, -0.25) is 14.2 Å². The number of benzene rings is 2. The van der Waals surface area contributed by atoms with Gasteiger partial charge in [-0.2, -0.15) is 0 Å². The van der Waals surface area contributed by atoms with Crippen molar-refractivity contribution in [3.8, 4) is 0 Å². The van der Waals surface area contributed by atoms with E-state index in [1.165, 1.54) is 31.2 Å². The van der Waals surface area contributed by atoms with Gasteiger partial charge in [-0.25, -0.2) is 9.59 Å². The maximum atomic E-state index is 12.3. The Morgan fingerprint density at radius 3 is 2.58 bits per heavy atom. The largest absolute Gasteiger partial charge is 0.478 e. The molecule has 0 saturated carbocycles. The highest BCUT2D eigenvalue weighted by atomic mass is 16.4. The van der Waals surface area contributed by atoms with E-state index in [0.29, 0.717) is 11.3 Å². The van der Waals surface area contributed by atoms with Crippen molar-refractivity contribution in [1.82, 2.24) is 4.57 Å². The summed E-state index contributed by atoms with van der Waals surface area (Å²) in [6, 6.07) is 10.3. The van der Waals surface area contributed by atoms with Gasteiger partial charge in [0.2, 0.25) is 5.91 Å². The van der Waals surface area contributed by atoms with Crippen molar-refractivity contribution in [3.05, 3.63) is 64.1 Å². The van der Waals surface area contributed by atoms with Crippen molar-refractivity contribution < 1.29 is 23.9 Å². The average Bonchev–Trinajstić information content (AvgIpc) is 2.90. The van der Waals surface area contributed by atoms with Crippen LogP contribution in [-0.2, 0) is 11.3 Å². The minimum Gasteiger partial charge on any atom is -0.478 e. The van der Waals surface area contributed by atoms with E-state index >= 15 is 0 Å². The number of aromatic carboxylic acids is 1. The van der Waals surface area contributed by atoms with Crippen LogP contribution < -0.4 is 11.1 Å². The van der Waals surface area contributed by atoms with Crippen LogP contribution in [0.2, 0.25) is 0 Å². The van der Waals surface area contributed by atoms with E-state index in [4.69, 9.17) is 9.52 Å². The van der Waals surface area contributed by atoms with Crippen molar-refractivity contribution in [2.45, 2.75) is 13.5 Å². The maximum Gasteiger partial charge on any atom is 0.420 e. The lowest BCUT2D eigenvalue weighted by molar-refractivity contribution is -0.116. The van der Waals surface area contributed by atoms with Gasteiger partial charge in [-0.05, 0) is 37.3 Å². The Balaban J connectivity index is 1.87. The van der Waals surface area contributed by atoms with Crippen molar-refractivity contribution in [1.29, 1.82) is 0 Å². The SMILES string of the molecule is CC(=O)c1cccc(NC(=O)Cn2c(=O)oc3ccc(C(=O)O)cc32)c1. The normalized spacial score (nSPS) is 10.7. The lowest BCUT2D eigenvalue weighted by atomic mass is 10.1. The van der Waals surface area contributed by atoms with Crippen LogP contribution in [0, 0.1) is 0 Å². The third kappa shape index (κ3) is 3.39. The van der Waals surface area contributed by atoms with Gasteiger partial charge in [0.25, 0.3) is 0 Å². The van der Waals surface area contributed by atoms with Gasteiger partial charge in [0, 0.05) is 11.3 Å².